The van der Waals surface area contributed by atoms with Crippen LogP contribution in [-0.2, 0) is 23.8 Å². The zero-order chi connectivity index (χ0) is 18.5. The molecule has 3 rings (SSSR count). The lowest BCUT2D eigenvalue weighted by Gasteiger charge is -2.10. The van der Waals surface area contributed by atoms with Gasteiger partial charge in [0.25, 0.3) is 5.56 Å². The van der Waals surface area contributed by atoms with Crippen molar-refractivity contribution < 1.29 is 4.21 Å². The highest BCUT2D eigenvalue weighted by Gasteiger charge is 2.14. The van der Waals surface area contributed by atoms with Gasteiger partial charge in [0.05, 0.1) is 16.2 Å². The first-order valence-electron chi connectivity index (χ1n) is 8.73. The third-order valence-electron chi connectivity index (χ3n) is 3.97. The zero-order valence-electron chi connectivity index (χ0n) is 14.9. The molecule has 4 nitrogen and oxygen atoms in total. The summed E-state index contributed by atoms with van der Waals surface area (Å²) in [4.78, 5) is 20.4. The first-order chi connectivity index (χ1) is 12.6. The van der Waals surface area contributed by atoms with Gasteiger partial charge in [0.15, 0.2) is 5.16 Å². The number of hydrogen-bond acceptors (Lipinski definition) is 5. The fourth-order valence-corrected chi connectivity index (χ4v) is 5.97. The molecule has 0 unspecified atom stereocenters. The number of fused-ring (bicyclic) bond motifs is 1. The summed E-state index contributed by atoms with van der Waals surface area (Å²) in [6.45, 7) is 4.80. The van der Waals surface area contributed by atoms with Gasteiger partial charge < -0.3 is 0 Å². The highest BCUT2D eigenvalue weighted by Crippen LogP contribution is 2.25. The van der Waals surface area contributed by atoms with E-state index in [0.29, 0.717) is 18.1 Å². The van der Waals surface area contributed by atoms with Gasteiger partial charge in [0.1, 0.15) is 4.83 Å². The molecule has 1 atom stereocenters. The van der Waals surface area contributed by atoms with E-state index in [4.69, 9.17) is 4.98 Å². The van der Waals surface area contributed by atoms with Crippen molar-refractivity contribution in [3.8, 4) is 0 Å². The minimum Gasteiger partial charge on any atom is -0.287 e. The van der Waals surface area contributed by atoms with E-state index >= 15 is 0 Å². The van der Waals surface area contributed by atoms with Crippen molar-refractivity contribution in [2.75, 3.05) is 11.5 Å². The molecular weight excluding hydrogens is 384 g/mol. The quantitative estimate of drug-likeness (QED) is 0.413. The molecule has 0 saturated carbocycles. The summed E-state index contributed by atoms with van der Waals surface area (Å²) in [5.41, 5.74) is 0.0412. The average molecular weight is 407 g/mol. The minimum absolute atomic E-state index is 0.0412. The highest BCUT2D eigenvalue weighted by atomic mass is 32.2. The lowest BCUT2D eigenvalue weighted by atomic mass is 10.3. The van der Waals surface area contributed by atoms with Crippen LogP contribution in [0.5, 0.6) is 0 Å². The molecule has 0 amide bonds. The maximum absolute atomic E-state index is 12.8. The van der Waals surface area contributed by atoms with Crippen LogP contribution in [0.2, 0.25) is 0 Å². The van der Waals surface area contributed by atoms with Gasteiger partial charge in [-0.25, -0.2) is 4.98 Å². The van der Waals surface area contributed by atoms with Gasteiger partial charge in [-0.15, -0.1) is 11.3 Å². The third-order valence-corrected chi connectivity index (χ3v) is 7.75. The maximum atomic E-state index is 12.8. The molecule has 2 aromatic heterocycles. The summed E-state index contributed by atoms with van der Waals surface area (Å²) in [6, 6.07) is 11.5. The van der Waals surface area contributed by atoms with Crippen LogP contribution in [0.1, 0.15) is 25.1 Å². The van der Waals surface area contributed by atoms with Crippen LogP contribution in [0, 0.1) is 0 Å². The number of thiophene rings is 1. The second-order valence-electron chi connectivity index (χ2n) is 5.85. The maximum Gasteiger partial charge on any atom is 0.262 e. The van der Waals surface area contributed by atoms with E-state index < -0.39 is 10.8 Å². The topological polar surface area (TPSA) is 52.0 Å². The molecular formula is C19H22N2O2S3. The smallest absolute Gasteiger partial charge is 0.262 e. The SMILES string of the molecule is CCCn1c(SCC[S@@](=O)c2ccccc2)nc2sc(CC)cc2c1=O. The molecule has 1 aromatic carbocycles. The van der Waals surface area contributed by atoms with Gasteiger partial charge in [-0.1, -0.05) is 43.8 Å². The Labute approximate surface area is 164 Å². The molecule has 2 heterocycles. The molecule has 0 aliphatic rings. The summed E-state index contributed by atoms with van der Waals surface area (Å²) in [7, 11) is -1.03. The molecule has 0 aliphatic carbocycles. The Balaban J connectivity index is 1.81. The van der Waals surface area contributed by atoms with Crippen molar-refractivity contribution in [1.82, 2.24) is 9.55 Å². The fourth-order valence-electron chi connectivity index (χ4n) is 2.65. The molecule has 0 radical (unpaired) electrons. The van der Waals surface area contributed by atoms with Gasteiger partial charge in [-0.05, 0) is 31.0 Å². The second-order valence-corrected chi connectivity index (χ2v) is 9.60. The van der Waals surface area contributed by atoms with Gasteiger partial charge in [-0.3, -0.25) is 13.6 Å². The summed E-state index contributed by atoms with van der Waals surface area (Å²) >= 11 is 3.11. The van der Waals surface area contributed by atoms with Crippen LogP contribution >= 0.6 is 23.1 Å². The molecule has 0 spiro atoms. The Morgan fingerprint density at radius 1 is 1.23 bits per heavy atom. The first-order valence-corrected chi connectivity index (χ1v) is 11.9. The number of benzene rings is 1. The van der Waals surface area contributed by atoms with E-state index in [0.717, 1.165) is 33.1 Å². The van der Waals surface area contributed by atoms with Gasteiger partial charge in [0, 0.05) is 27.8 Å². The van der Waals surface area contributed by atoms with Crippen LogP contribution in [0.3, 0.4) is 0 Å². The Kier molecular flexibility index (Phi) is 6.67. The van der Waals surface area contributed by atoms with E-state index in [1.54, 1.807) is 15.9 Å². The van der Waals surface area contributed by atoms with Crippen molar-refractivity contribution >= 4 is 44.1 Å². The summed E-state index contributed by atoms with van der Waals surface area (Å²) in [5, 5.41) is 1.46. The number of nitrogens with zero attached hydrogens (tertiary/aromatic N) is 2. The van der Waals surface area contributed by atoms with E-state index in [1.165, 1.54) is 16.6 Å². The van der Waals surface area contributed by atoms with Crippen LogP contribution in [0.25, 0.3) is 10.2 Å². The van der Waals surface area contributed by atoms with Crippen molar-refractivity contribution in [3.05, 3.63) is 51.6 Å². The molecule has 0 saturated heterocycles. The molecule has 7 heteroatoms. The minimum atomic E-state index is -1.03. The van der Waals surface area contributed by atoms with E-state index in [1.807, 2.05) is 36.4 Å². The van der Waals surface area contributed by atoms with Gasteiger partial charge in [-0.2, -0.15) is 0 Å². The predicted molar refractivity (Wildman–Crippen MR) is 112 cm³/mol. The van der Waals surface area contributed by atoms with Gasteiger partial charge in [0.2, 0.25) is 0 Å². The normalized spacial score (nSPS) is 12.5. The lowest BCUT2D eigenvalue weighted by molar-refractivity contribution is 0.585. The lowest BCUT2D eigenvalue weighted by Crippen LogP contribution is -2.23. The molecule has 0 bridgehead atoms. The molecule has 26 heavy (non-hydrogen) atoms. The van der Waals surface area contributed by atoms with E-state index in [-0.39, 0.29) is 5.56 Å². The van der Waals surface area contributed by atoms with Crippen LogP contribution < -0.4 is 5.56 Å². The number of rotatable bonds is 8. The number of aromatic nitrogens is 2. The summed E-state index contributed by atoms with van der Waals surface area (Å²) < 4.78 is 14.1. The molecule has 0 aliphatic heterocycles. The van der Waals surface area contributed by atoms with Crippen molar-refractivity contribution in [3.63, 3.8) is 0 Å². The van der Waals surface area contributed by atoms with E-state index in [9.17, 15) is 9.00 Å². The van der Waals surface area contributed by atoms with Crippen molar-refractivity contribution in [1.29, 1.82) is 0 Å². The fraction of sp³-hybridized carbons (Fsp3) is 0.368. The Hall–Kier alpha value is -1.44. The Morgan fingerprint density at radius 3 is 2.69 bits per heavy atom. The second kappa shape index (κ2) is 8.97. The molecule has 0 fully saturated rings. The summed E-state index contributed by atoms with van der Waals surface area (Å²) in [6.07, 6.45) is 1.79. The van der Waals surface area contributed by atoms with Crippen LogP contribution in [0.4, 0.5) is 0 Å². The van der Waals surface area contributed by atoms with Gasteiger partial charge >= 0.3 is 0 Å². The van der Waals surface area contributed by atoms with Crippen molar-refractivity contribution in [2.45, 2.75) is 43.3 Å². The number of hydrogen-bond donors (Lipinski definition) is 0. The zero-order valence-corrected chi connectivity index (χ0v) is 17.4. The molecule has 3 aromatic rings. The Bertz CT molecular complexity index is 964. The number of thioether (sulfide) groups is 1. The third kappa shape index (κ3) is 4.27. The largest absolute Gasteiger partial charge is 0.287 e. The molecule has 138 valence electrons. The standard InChI is InChI=1S/C19H22N2O2S3/c1-3-10-21-18(22)16-13-14(4-2)25-17(16)20-19(21)24-11-12-26(23)15-8-6-5-7-9-15/h5-9,13H,3-4,10-12H2,1-2H3/t26-/m1/s1. The van der Waals surface area contributed by atoms with E-state index in [2.05, 4.69) is 13.8 Å². The first kappa shape index (κ1) is 19.3. The summed E-state index contributed by atoms with van der Waals surface area (Å²) in [5.74, 6) is 1.20. The van der Waals surface area contributed by atoms with Crippen LogP contribution in [0.15, 0.2) is 51.2 Å². The monoisotopic (exact) mass is 406 g/mol. The molecule has 0 N–H and O–H groups in total. The predicted octanol–water partition coefficient (Wildman–Crippen LogP) is 4.33. The van der Waals surface area contributed by atoms with Crippen LogP contribution in [-0.4, -0.2) is 25.3 Å². The van der Waals surface area contributed by atoms with Crippen molar-refractivity contribution in [2.24, 2.45) is 0 Å². The highest BCUT2D eigenvalue weighted by molar-refractivity contribution is 8.00. The average Bonchev–Trinajstić information content (AvgIpc) is 3.09. The Morgan fingerprint density at radius 2 is 2.00 bits per heavy atom. The number of aryl methyl sites for hydroxylation is 1.